The number of aromatic nitrogens is 1. The molecule has 6 nitrogen and oxygen atoms in total. The van der Waals surface area contributed by atoms with E-state index in [0.29, 0.717) is 45.0 Å². The molecule has 2 amide bonds. The van der Waals surface area contributed by atoms with Crippen LogP contribution in [0.2, 0.25) is 0 Å². The van der Waals surface area contributed by atoms with Crippen LogP contribution in [0.4, 0.5) is 0 Å². The highest BCUT2D eigenvalue weighted by atomic mass is 16.5. The number of ether oxygens (including phenoxy) is 1. The molecule has 1 saturated carbocycles. The number of carbonyl (C=O) groups excluding carboxylic acids is 2. The molecule has 1 aliphatic carbocycles. The Bertz CT molecular complexity index is 631. The van der Waals surface area contributed by atoms with Crippen molar-refractivity contribution >= 4 is 11.8 Å². The van der Waals surface area contributed by atoms with Crippen molar-refractivity contribution in [3.63, 3.8) is 0 Å². The van der Waals surface area contributed by atoms with Gasteiger partial charge in [0, 0.05) is 52.1 Å². The van der Waals surface area contributed by atoms with Crippen molar-refractivity contribution in [3.8, 4) is 0 Å². The molecule has 0 N–H and O–H groups in total. The largest absolute Gasteiger partial charge is 0.383 e. The highest BCUT2D eigenvalue weighted by Gasteiger charge is 2.33. The molecule has 2 aliphatic rings. The van der Waals surface area contributed by atoms with Crippen molar-refractivity contribution in [3.05, 3.63) is 30.1 Å². The topological polar surface area (TPSA) is 62.7 Å². The van der Waals surface area contributed by atoms with Gasteiger partial charge in [-0.05, 0) is 36.8 Å². The zero-order chi connectivity index (χ0) is 19.8. The van der Waals surface area contributed by atoms with Crippen LogP contribution >= 0.6 is 0 Å². The number of carbonyl (C=O) groups is 2. The molecule has 1 aliphatic heterocycles. The summed E-state index contributed by atoms with van der Waals surface area (Å²) in [5.41, 5.74) is 1.01. The third-order valence-corrected chi connectivity index (χ3v) is 6.03. The maximum absolute atomic E-state index is 13.3. The summed E-state index contributed by atoms with van der Waals surface area (Å²) in [5, 5.41) is 0. The SMILES string of the molecule is COCCN(Cc1cccnc1)C(=O)[C@@H]1CCC(=O)N(CC2CCCCC2)C1. The van der Waals surface area contributed by atoms with Gasteiger partial charge in [0.25, 0.3) is 0 Å². The van der Waals surface area contributed by atoms with Crippen molar-refractivity contribution in [1.82, 2.24) is 14.8 Å². The molecule has 1 aromatic rings. The maximum Gasteiger partial charge on any atom is 0.227 e. The first-order valence-corrected chi connectivity index (χ1v) is 10.6. The van der Waals surface area contributed by atoms with Gasteiger partial charge in [-0.25, -0.2) is 0 Å². The van der Waals surface area contributed by atoms with Crippen LogP contribution in [0, 0.1) is 11.8 Å². The van der Waals surface area contributed by atoms with Crippen LogP contribution in [0.25, 0.3) is 0 Å². The number of hydrogen-bond acceptors (Lipinski definition) is 4. The fourth-order valence-corrected chi connectivity index (χ4v) is 4.41. The van der Waals surface area contributed by atoms with Gasteiger partial charge in [0.2, 0.25) is 11.8 Å². The summed E-state index contributed by atoms with van der Waals surface area (Å²) in [6, 6.07) is 3.87. The van der Waals surface area contributed by atoms with Gasteiger partial charge in [0.05, 0.1) is 12.5 Å². The van der Waals surface area contributed by atoms with Gasteiger partial charge < -0.3 is 14.5 Å². The van der Waals surface area contributed by atoms with E-state index in [1.807, 2.05) is 21.9 Å². The highest BCUT2D eigenvalue weighted by Crippen LogP contribution is 2.27. The first kappa shape index (κ1) is 20.8. The molecule has 2 fully saturated rings. The molecule has 1 aromatic heterocycles. The van der Waals surface area contributed by atoms with Crippen molar-refractivity contribution < 1.29 is 14.3 Å². The summed E-state index contributed by atoms with van der Waals surface area (Å²) in [6.45, 7) is 2.97. The van der Waals surface area contributed by atoms with Gasteiger partial charge in [0.1, 0.15) is 0 Å². The van der Waals surface area contributed by atoms with E-state index in [9.17, 15) is 9.59 Å². The molecule has 1 atom stereocenters. The predicted octanol–water partition coefficient (Wildman–Crippen LogP) is 2.88. The summed E-state index contributed by atoms with van der Waals surface area (Å²) in [5.74, 6) is 0.828. The van der Waals surface area contributed by atoms with E-state index >= 15 is 0 Å². The molecule has 0 spiro atoms. The Labute approximate surface area is 168 Å². The molecule has 6 heteroatoms. The standard InChI is InChI=1S/C22H33N3O3/c1-28-13-12-24(16-19-8-5-11-23-14-19)22(27)20-9-10-21(26)25(17-20)15-18-6-3-2-4-7-18/h5,8,11,14,18,20H,2-4,6-7,9-10,12-13,15-17H2,1H3/t20-/m1/s1. The van der Waals surface area contributed by atoms with Crippen LogP contribution < -0.4 is 0 Å². The monoisotopic (exact) mass is 387 g/mol. The Morgan fingerprint density at radius 3 is 2.82 bits per heavy atom. The second-order valence-electron chi connectivity index (χ2n) is 8.15. The molecule has 28 heavy (non-hydrogen) atoms. The molecular weight excluding hydrogens is 354 g/mol. The zero-order valence-electron chi connectivity index (χ0n) is 17.0. The highest BCUT2D eigenvalue weighted by molar-refractivity contribution is 5.84. The molecule has 2 heterocycles. The van der Waals surface area contributed by atoms with E-state index in [0.717, 1.165) is 12.1 Å². The second kappa shape index (κ2) is 10.6. The van der Waals surface area contributed by atoms with Crippen LogP contribution in [-0.4, -0.2) is 59.9 Å². The lowest BCUT2D eigenvalue weighted by atomic mass is 9.87. The van der Waals surface area contributed by atoms with E-state index in [1.165, 1.54) is 32.1 Å². The van der Waals surface area contributed by atoms with Gasteiger partial charge in [0.15, 0.2) is 0 Å². The van der Waals surface area contributed by atoms with E-state index < -0.39 is 0 Å². The predicted molar refractivity (Wildman–Crippen MR) is 107 cm³/mol. The third kappa shape index (κ3) is 5.77. The summed E-state index contributed by atoms with van der Waals surface area (Å²) in [4.78, 5) is 33.7. The van der Waals surface area contributed by atoms with Gasteiger partial charge in [-0.1, -0.05) is 25.3 Å². The zero-order valence-corrected chi connectivity index (χ0v) is 17.0. The number of hydrogen-bond donors (Lipinski definition) is 0. The molecule has 0 unspecified atom stereocenters. The second-order valence-corrected chi connectivity index (χ2v) is 8.15. The maximum atomic E-state index is 13.3. The Hall–Kier alpha value is -1.95. The van der Waals surface area contributed by atoms with Crippen molar-refractivity contribution in [1.29, 1.82) is 0 Å². The van der Waals surface area contributed by atoms with Crippen LogP contribution in [0.3, 0.4) is 0 Å². The lowest BCUT2D eigenvalue weighted by molar-refractivity contribution is -0.144. The lowest BCUT2D eigenvalue weighted by Gasteiger charge is -2.37. The Morgan fingerprint density at radius 1 is 1.29 bits per heavy atom. The normalized spacial score (nSPS) is 21.0. The summed E-state index contributed by atoms with van der Waals surface area (Å²) in [6.07, 6.45) is 10.9. The van der Waals surface area contributed by atoms with Crippen molar-refractivity contribution in [2.24, 2.45) is 11.8 Å². The fourth-order valence-electron chi connectivity index (χ4n) is 4.41. The summed E-state index contributed by atoms with van der Waals surface area (Å²) < 4.78 is 5.21. The average Bonchev–Trinajstić information content (AvgIpc) is 2.73. The average molecular weight is 388 g/mol. The number of likely N-dealkylation sites (tertiary alicyclic amines) is 1. The Balaban J connectivity index is 1.62. The number of piperidine rings is 1. The summed E-state index contributed by atoms with van der Waals surface area (Å²) >= 11 is 0. The fraction of sp³-hybridized carbons (Fsp3) is 0.682. The van der Waals surface area contributed by atoms with Crippen LogP contribution in [-0.2, 0) is 20.9 Å². The molecule has 0 aromatic carbocycles. The number of methoxy groups -OCH3 is 1. The number of rotatable bonds is 8. The minimum Gasteiger partial charge on any atom is -0.383 e. The lowest BCUT2D eigenvalue weighted by Crippen LogP contribution is -2.48. The van der Waals surface area contributed by atoms with Crippen LogP contribution in [0.5, 0.6) is 0 Å². The molecular formula is C22H33N3O3. The van der Waals surface area contributed by atoms with Gasteiger partial charge in [-0.3, -0.25) is 14.6 Å². The van der Waals surface area contributed by atoms with E-state index in [1.54, 1.807) is 19.5 Å². The summed E-state index contributed by atoms with van der Waals surface area (Å²) in [7, 11) is 1.65. The van der Waals surface area contributed by atoms with E-state index in [-0.39, 0.29) is 17.7 Å². The number of amides is 2. The van der Waals surface area contributed by atoms with Crippen LogP contribution in [0.1, 0.15) is 50.5 Å². The van der Waals surface area contributed by atoms with Crippen LogP contribution in [0.15, 0.2) is 24.5 Å². The minimum absolute atomic E-state index is 0.116. The van der Waals surface area contributed by atoms with Gasteiger partial charge >= 0.3 is 0 Å². The molecule has 1 saturated heterocycles. The number of nitrogens with zero attached hydrogens (tertiary/aromatic N) is 3. The minimum atomic E-state index is -0.116. The van der Waals surface area contributed by atoms with Gasteiger partial charge in [-0.2, -0.15) is 0 Å². The molecule has 154 valence electrons. The van der Waals surface area contributed by atoms with Crippen molar-refractivity contribution in [2.45, 2.75) is 51.5 Å². The molecule has 0 radical (unpaired) electrons. The van der Waals surface area contributed by atoms with E-state index in [2.05, 4.69) is 4.98 Å². The van der Waals surface area contributed by atoms with E-state index in [4.69, 9.17) is 4.74 Å². The first-order valence-electron chi connectivity index (χ1n) is 10.6. The Kier molecular flexibility index (Phi) is 7.83. The smallest absolute Gasteiger partial charge is 0.227 e. The van der Waals surface area contributed by atoms with Crippen molar-refractivity contribution in [2.75, 3.05) is 33.4 Å². The third-order valence-electron chi connectivity index (χ3n) is 6.03. The molecule has 0 bridgehead atoms. The Morgan fingerprint density at radius 2 is 2.11 bits per heavy atom. The number of pyridine rings is 1. The molecule has 3 rings (SSSR count). The van der Waals surface area contributed by atoms with Gasteiger partial charge in [-0.15, -0.1) is 0 Å². The quantitative estimate of drug-likeness (QED) is 0.688. The first-order chi connectivity index (χ1) is 13.7.